The zero-order chi connectivity index (χ0) is 18.6. The van der Waals surface area contributed by atoms with Crippen LogP contribution in [0.3, 0.4) is 0 Å². The van der Waals surface area contributed by atoms with Crippen molar-refractivity contribution in [2.75, 3.05) is 45.4 Å². The van der Waals surface area contributed by atoms with E-state index >= 15 is 0 Å². The van der Waals surface area contributed by atoms with Gasteiger partial charge < -0.3 is 24.4 Å². The van der Waals surface area contributed by atoms with Gasteiger partial charge in [-0.05, 0) is 42.0 Å². The molecule has 2 heterocycles. The number of rotatable bonds is 4. The van der Waals surface area contributed by atoms with E-state index in [4.69, 9.17) is 26.4 Å². The summed E-state index contributed by atoms with van der Waals surface area (Å²) in [6.45, 7) is 4.96. The van der Waals surface area contributed by atoms with Crippen LogP contribution in [0, 0.1) is 0 Å². The predicted molar refractivity (Wildman–Crippen MR) is 109 cm³/mol. The highest BCUT2D eigenvalue weighted by molar-refractivity contribution is 7.80. The molecule has 0 spiro atoms. The lowest BCUT2D eigenvalue weighted by atomic mass is 10.1. The molecule has 4 rings (SSSR count). The molecular weight excluding hydrogens is 362 g/mol. The maximum absolute atomic E-state index is 5.58. The third-order valence-electron chi connectivity index (χ3n) is 4.82. The first kappa shape index (κ1) is 17.9. The molecule has 2 aromatic rings. The van der Waals surface area contributed by atoms with E-state index in [2.05, 4.69) is 27.2 Å². The Balaban J connectivity index is 1.28. The first-order chi connectivity index (χ1) is 13.2. The van der Waals surface area contributed by atoms with Gasteiger partial charge in [0, 0.05) is 44.5 Å². The third-order valence-corrected chi connectivity index (χ3v) is 5.18. The summed E-state index contributed by atoms with van der Waals surface area (Å²) in [7, 11) is 1.66. The fourth-order valence-electron chi connectivity index (χ4n) is 3.31. The molecule has 0 unspecified atom stereocenters. The van der Waals surface area contributed by atoms with Crippen LogP contribution in [0.25, 0.3) is 0 Å². The SMILES string of the molecule is COc1cccc(NC(=S)N2CCN(Cc3ccc4c(c3)OCO4)CC2)c1. The van der Waals surface area contributed by atoms with Gasteiger partial charge >= 0.3 is 0 Å². The first-order valence-corrected chi connectivity index (χ1v) is 9.43. The van der Waals surface area contributed by atoms with Gasteiger partial charge in [-0.15, -0.1) is 0 Å². The Morgan fingerprint density at radius 3 is 2.70 bits per heavy atom. The number of benzene rings is 2. The third kappa shape index (κ3) is 4.26. The average Bonchev–Trinajstić information content (AvgIpc) is 3.16. The summed E-state index contributed by atoms with van der Waals surface area (Å²) in [6, 6.07) is 14.0. The van der Waals surface area contributed by atoms with Gasteiger partial charge in [0.05, 0.1) is 7.11 Å². The Kier molecular flexibility index (Phi) is 5.31. The maximum atomic E-state index is 5.58. The Hall–Kier alpha value is -2.51. The molecule has 1 N–H and O–H groups in total. The summed E-state index contributed by atoms with van der Waals surface area (Å²) < 4.78 is 16.1. The van der Waals surface area contributed by atoms with Crippen molar-refractivity contribution < 1.29 is 14.2 Å². The molecule has 1 saturated heterocycles. The number of nitrogens with zero attached hydrogens (tertiary/aromatic N) is 2. The molecule has 1 fully saturated rings. The maximum Gasteiger partial charge on any atom is 0.231 e. The van der Waals surface area contributed by atoms with Crippen molar-refractivity contribution in [2.45, 2.75) is 6.54 Å². The van der Waals surface area contributed by atoms with Gasteiger partial charge in [0.15, 0.2) is 16.6 Å². The van der Waals surface area contributed by atoms with Crippen molar-refractivity contribution in [3.63, 3.8) is 0 Å². The highest BCUT2D eigenvalue weighted by Crippen LogP contribution is 2.32. The van der Waals surface area contributed by atoms with Gasteiger partial charge in [0.25, 0.3) is 0 Å². The van der Waals surface area contributed by atoms with Crippen molar-refractivity contribution in [3.05, 3.63) is 48.0 Å². The number of ether oxygens (including phenoxy) is 3. The summed E-state index contributed by atoms with van der Waals surface area (Å²) in [5.74, 6) is 2.49. The van der Waals surface area contributed by atoms with Crippen molar-refractivity contribution in [2.24, 2.45) is 0 Å². The second kappa shape index (κ2) is 8.02. The second-order valence-electron chi connectivity index (χ2n) is 6.61. The molecule has 6 nitrogen and oxygen atoms in total. The average molecular weight is 385 g/mol. The summed E-state index contributed by atoms with van der Waals surface area (Å²) in [5, 5.41) is 4.06. The number of anilines is 1. The Bertz CT molecular complexity index is 822. The Labute approximate surface area is 164 Å². The van der Waals surface area contributed by atoms with Crippen LogP contribution >= 0.6 is 12.2 Å². The lowest BCUT2D eigenvalue weighted by Gasteiger charge is -2.36. The first-order valence-electron chi connectivity index (χ1n) is 9.02. The topological polar surface area (TPSA) is 46.2 Å². The molecule has 0 aliphatic carbocycles. The van der Waals surface area contributed by atoms with Crippen molar-refractivity contribution >= 4 is 23.0 Å². The van der Waals surface area contributed by atoms with Gasteiger partial charge in [-0.3, -0.25) is 4.90 Å². The van der Waals surface area contributed by atoms with Crippen LogP contribution in [-0.4, -0.2) is 55.0 Å². The molecule has 2 aromatic carbocycles. The van der Waals surface area contributed by atoms with Gasteiger partial charge in [-0.1, -0.05) is 12.1 Å². The van der Waals surface area contributed by atoms with Gasteiger partial charge in [-0.2, -0.15) is 0 Å². The zero-order valence-corrected chi connectivity index (χ0v) is 16.1. The second-order valence-corrected chi connectivity index (χ2v) is 7.00. The molecule has 0 amide bonds. The smallest absolute Gasteiger partial charge is 0.231 e. The highest BCUT2D eigenvalue weighted by Gasteiger charge is 2.20. The van der Waals surface area contributed by atoms with Gasteiger partial charge in [0.1, 0.15) is 5.75 Å². The Morgan fingerprint density at radius 1 is 1.07 bits per heavy atom. The number of hydrogen-bond donors (Lipinski definition) is 1. The fourth-order valence-corrected chi connectivity index (χ4v) is 3.61. The Morgan fingerprint density at radius 2 is 1.89 bits per heavy atom. The van der Waals surface area contributed by atoms with Crippen LogP contribution in [0.4, 0.5) is 5.69 Å². The fraction of sp³-hybridized carbons (Fsp3) is 0.350. The molecule has 7 heteroatoms. The molecule has 0 saturated carbocycles. The van der Waals surface area contributed by atoms with Crippen molar-refractivity contribution in [3.8, 4) is 17.2 Å². The monoisotopic (exact) mass is 385 g/mol. The molecule has 0 radical (unpaired) electrons. The number of thiocarbonyl (C=S) groups is 1. The standard InChI is InChI=1S/C20H23N3O3S/c1-24-17-4-2-3-16(12-17)21-20(27)23-9-7-22(8-10-23)13-15-5-6-18-19(11-15)26-14-25-18/h2-6,11-12H,7-10,13-14H2,1H3,(H,21,27). The summed E-state index contributed by atoms with van der Waals surface area (Å²) in [5.41, 5.74) is 2.19. The summed E-state index contributed by atoms with van der Waals surface area (Å²) in [6.07, 6.45) is 0. The lowest BCUT2D eigenvalue weighted by molar-refractivity contribution is 0.173. The quantitative estimate of drug-likeness (QED) is 0.812. The van der Waals surface area contributed by atoms with E-state index in [1.54, 1.807) is 7.11 Å². The van der Waals surface area contributed by atoms with Gasteiger partial charge in [0.2, 0.25) is 6.79 Å². The molecule has 2 aliphatic heterocycles. The number of methoxy groups -OCH3 is 1. The molecule has 0 atom stereocenters. The van der Waals surface area contributed by atoms with E-state index in [1.165, 1.54) is 5.56 Å². The molecule has 2 aliphatic rings. The zero-order valence-electron chi connectivity index (χ0n) is 15.3. The summed E-state index contributed by atoms with van der Waals surface area (Å²) in [4.78, 5) is 4.65. The molecule has 142 valence electrons. The van der Waals surface area contributed by atoms with Crippen LogP contribution in [0.1, 0.15) is 5.56 Å². The minimum Gasteiger partial charge on any atom is -0.497 e. The molecular formula is C20H23N3O3S. The van der Waals surface area contributed by atoms with E-state index in [0.717, 1.165) is 60.8 Å². The number of nitrogens with one attached hydrogen (secondary N) is 1. The number of fused-ring (bicyclic) bond motifs is 1. The van der Waals surface area contributed by atoms with Crippen molar-refractivity contribution in [1.29, 1.82) is 0 Å². The van der Waals surface area contributed by atoms with E-state index in [9.17, 15) is 0 Å². The van der Waals surface area contributed by atoms with Crippen LogP contribution in [0.2, 0.25) is 0 Å². The van der Waals surface area contributed by atoms with E-state index in [0.29, 0.717) is 6.79 Å². The summed E-state index contributed by atoms with van der Waals surface area (Å²) >= 11 is 5.58. The highest BCUT2D eigenvalue weighted by atomic mass is 32.1. The number of piperazine rings is 1. The normalized spacial score (nSPS) is 16.3. The lowest BCUT2D eigenvalue weighted by Crippen LogP contribution is -2.49. The van der Waals surface area contributed by atoms with E-state index in [-0.39, 0.29) is 0 Å². The molecule has 27 heavy (non-hydrogen) atoms. The van der Waals surface area contributed by atoms with Crippen molar-refractivity contribution in [1.82, 2.24) is 9.80 Å². The minimum absolute atomic E-state index is 0.315. The van der Waals surface area contributed by atoms with E-state index < -0.39 is 0 Å². The van der Waals surface area contributed by atoms with Crippen LogP contribution in [0.15, 0.2) is 42.5 Å². The number of hydrogen-bond acceptors (Lipinski definition) is 5. The molecule has 0 bridgehead atoms. The van der Waals surface area contributed by atoms with Gasteiger partial charge in [-0.25, -0.2) is 0 Å². The van der Waals surface area contributed by atoms with Crippen LogP contribution in [0.5, 0.6) is 17.2 Å². The van der Waals surface area contributed by atoms with Crippen LogP contribution < -0.4 is 19.5 Å². The van der Waals surface area contributed by atoms with E-state index in [1.807, 2.05) is 30.3 Å². The minimum atomic E-state index is 0.315. The predicted octanol–water partition coefficient (Wildman–Crippen LogP) is 2.94. The molecule has 0 aromatic heterocycles. The van der Waals surface area contributed by atoms with Crippen LogP contribution in [-0.2, 0) is 6.54 Å². The largest absolute Gasteiger partial charge is 0.497 e.